The van der Waals surface area contributed by atoms with Crippen molar-refractivity contribution in [1.82, 2.24) is 0 Å². The number of benzene rings is 2. The maximum absolute atomic E-state index is 14.8. The van der Waals surface area contributed by atoms with Crippen molar-refractivity contribution in [1.29, 1.82) is 0 Å². The molecule has 4 rings (SSSR count). The van der Waals surface area contributed by atoms with E-state index in [9.17, 15) is 26.3 Å². The number of hydrogen-bond donors (Lipinski definition) is 0. The number of ether oxygens (including phenoxy) is 2. The summed E-state index contributed by atoms with van der Waals surface area (Å²) < 4.78 is 95.0. The van der Waals surface area contributed by atoms with Gasteiger partial charge in [0.25, 0.3) is 0 Å². The maximum atomic E-state index is 14.8. The van der Waals surface area contributed by atoms with Crippen LogP contribution >= 0.6 is 0 Å². The number of rotatable bonds is 8. The normalized spacial score (nSPS) is 25.1. The van der Waals surface area contributed by atoms with Gasteiger partial charge in [-0.3, -0.25) is 0 Å². The van der Waals surface area contributed by atoms with Crippen LogP contribution in [0.2, 0.25) is 0 Å². The van der Waals surface area contributed by atoms with Crippen molar-refractivity contribution in [2.24, 2.45) is 17.8 Å². The van der Waals surface area contributed by atoms with Crippen molar-refractivity contribution in [3.05, 3.63) is 64.7 Å². The lowest BCUT2D eigenvalue weighted by molar-refractivity contribution is -0.189. The predicted octanol–water partition coefficient (Wildman–Crippen LogP) is 8.49. The first-order valence-corrected chi connectivity index (χ1v) is 12.8. The molecule has 2 aliphatic rings. The lowest BCUT2D eigenvalue weighted by Crippen LogP contribution is -2.27. The molecule has 8 heteroatoms. The van der Waals surface area contributed by atoms with Gasteiger partial charge in [0.15, 0.2) is 11.6 Å². The van der Waals surface area contributed by atoms with Crippen molar-refractivity contribution in [2.45, 2.75) is 70.3 Å². The fraction of sp³-hybridized carbons (Fsp3) is 0.571. The second kappa shape index (κ2) is 11.4. The summed E-state index contributed by atoms with van der Waals surface area (Å²) in [5.41, 5.74) is -1.19. The molecule has 0 aromatic heterocycles. The topological polar surface area (TPSA) is 18.5 Å². The third kappa shape index (κ3) is 6.18. The second-order valence-electron chi connectivity index (χ2n) is 10.1. The summed E-state index contributed by atoms with van der Waals surface area (Å²) in [7, 11) is 0. The highest BCUT2D eigenvalue weighted by atomic mass is 19.3. The van der Waals surface area contributed by atoms with Gasteiger partial charge in [0.1, 0.15) is 22.9 Å². The van der Waals surface area contributed by atoms with Crippen LogP contribution in [0.3, 0.4) is 0 Å². The zero-order valence-electron chi connectivity index (χ0n) is 20.4. The molecular formula is C28H32F6O2. The van der Waals surface area contributed by atoms with Gasteiger partial charge in [-0.1, -0.05) is 0 Å². The minimum atomic E-state index is -4.41. The van der Waals surface area contributed by atoms with E-state index >= 15 is 0 Å². The van der Waals surface area contributed by atoms with E-state index in [1.807, 2.05) is 6.92 Å². The average molecular weight is 515 g/mol. The smallest absolute Gasteiger partial charge is 0.429 e. The SMILES string of the molecule is CCOCC1CCC(C2CCC(c3cc(F)c(C(F)(F)Oc4ccc(F)c(F)c4)c(F)c3)CC2)CC1. The predicted molar refractivity (Wildman–Crippen MR) is 124 cm³/mol. The van der Waals surface area contributed by atoms with Crippen LogP contribution in [-0.4, -0.2) is 13.2 Å². The largest absolute Gasteiger partial charge is 0.432 e. The molecule has 0 saturated heterocycles. The Kier molecular flexibility index (Phi) is 8.53. The van der Waals surface area contributed by atoms with Crippen LogP contribution in [0.4, 0.5) is 26.3 Å². The quantitative estimate of drug-likeness (QED) is 0.329. The Balaban J connectivity index is 1.37. The van der Waals surface area contributed by atoms with Crippen molar-refractivity contribution in [3.8, 4) is 5.75 Å². The van der Waals surface area contributed by atoms with Crippen LogP contribution in [0.25, 0.3) is 0 Å². The molecule has 0 spiro atoms. The summed E-state index contributed by atoms with van der Waals surface area (Å²) in [6.07, 6.45) is 3.70. The van der Waals surface area contributed by atoms with Crippen LogP contribution < -0.4 is 4.74 Å². The van der Waals surface area contributed by atoms with Crippen LogP contribution in [0, 0.1) is 41.0 Å². The first-order chi connectivity index (χ1) is 17.2. The molecule has 2 aromatic rings. The number of alkyl halides is 2. The first kappa shape index (κ1) is 26.8. The van der Waals surface area contributed by atoms with Gasteiger partial charge in [0.2, 0.25) is 0 Å². The van der Waals surface area contributed by atoms with E-state index in [2.05, 4.69) is 4.74 Å². The average Bonchev–Trinajstić information content (AvgIpc) is 2.84. The molecule has 0 unspecified atom stereocenters. The van der Waals surface area contributed by atoms with Crippen molar-refractivity contribution in [3.63, 3.8) is 0 Å². The maximum Gasteiger partial charge on any atom is 0.432 e. The van der Waals surface area contributed by atoms with E-state index in [-0.39, 0.29) is 5.92 Å². The Hall–Kier alpha value is -2.22. The molecule has 198 valence electrons. The summed E-state index contributed by atoms with van der Waals surface area (Å²) in [6.45, 7) is 3.57. The molecule has 2 aromatic carbocycles. The highest BCUT2D eigenvalue weighted by molar-refractivity contribution is 5.32. The number of hydrogen-bond acceptors (Lipinski definition) is 2. The standard InChI is InChI=1S/C28H32F6O2/c1-2-35-16-17-3-5-18(6-4-17)19-7-9-20(10-8-19)21-13-25(31)27(26(32)14-21)28(33,34)36-22-11-12-23(29)24(30)15-22/h11-15,17-20H,2-10,16H2,1H3. The summed E-state index contributed by atoms with van der Waals surface area (Å²) in [6, 6.07) is 3.66. The highest BCUT2D eigenvalue weighted by Gasteiger charge is 2.42. The second-order valence-corrected chi connectivity index (χ2v) is 10.1. The van der Waals surface area contributed by atoms with Crippen LogP contribution in [0.15, 0.2) is 30.3 Å². The van der Waals surface area contributed by atoms with Crippen molar-refractivity contribution < 1.29 is 35.8 Å². The summed E-state index contributed by atoms with van der Waals surface area (Å²) >= 11 is 0. The van der Waals surface area contributed by atoms with Crippen LogP contribution in [-0.2, 0) is 10.8 Å². The van der Waals surface area contributed by atoms with Crippen LogP contribution in [0.1, 0.15) is 75.3 Å². The molecule has 2 saturated carbocycles. The molecule has 2 nitrogen and oxygen atoms in total. The van der Waals surface area contributed by atoms with Gasteiger partial charge in [-0.2, -0.15) is 8.78 Å². The summed E-state index contributed by atoms with van der Waals surface area (Å²) in [5.74, 6) is -4.48. The van der Waals surface area contributed by atoms with Gasteiger partial charge < -0.3 is 9.47 Å². The fourth-order valence-corrected chi connectivity index (χ4v) is 5.88. The Morgan fingerprint density at radius 3 is 1.89 bits per heavy atom. The molecule has 0 bridgehead atoms. The van der Waals surface area contributed by atoms with E-state index < -0.39 is 40.7 Å². The number of halogens is 6. The Labute approximate surface area is 208 Å². The Morgan fingerprint density at radius 1 is 0.750 bits per heavy atom. The van der Waals surface area contributed by atoms with Gasteiger partial charge in [0.05, 0.1) is 0 Å². The summed E-state index contributed by atoms with van der Waals surface area (Å²) in [4.78, 5) is 0. The van der Waals surface area contributed by atoms with Gasteiger partial charge in [0, 0.05) is 19.3 Å². The zero-order chi connectivity index (χ0) is 25.9. The van der Waals surface area contributed by atoms with Crippen LogP contribution in [0.5, 0.6) is 5.75 Å². The molecule has 36 heavy (non-hydrogen) atoms. The monoisotopic (exact) mass is 514 g/mol. The third-order valence-electron chi connectivity index (χ3n) is 7.85. The molecule has 2 aliphatic carbocycles. The zero-order valence-corrected chi connectivity index (χ0v) is 20.4. The third-order valence-corrected chi connectivity index (χ3v) is 7.85. The van der Waals surface area contributed by atoms with E-state index in [4.69, 9.17) is 4.74 Å². The van der Waals surface area contributed by atoms with E-state index in [0.717, 1.165) is 57.1 Å². The van der Waals surface area contributed by atoms with E-state index in [1.165, 1.54) is 25.7 Å². The molecule has 0 heterocycles. The Bertz CT molecular complexity index is 1000. The van der Waals surface area contributed by atoms with Gasteiger partial charge in [-0.15, -0.1) is 0 Å². The minimum absolute atomic E-state index is 0.102. The fourth-order valence-electron chi connectivity index (χ4n) is 5.88. The lowest BCUT2D eigenvalue weighted by Gasteiger charge is -2.38. The Morgan fingerprint density at radius 2 is 1.33 bits per heavy atom. The minimum Gasteiger partial charge on any atom is -0.429 e. The van der Waals surface area contributed by atoms with E-state index in [0.29, 0.717) is 35.4 Å². The van der Waals surface area contributed by atoms with E-state index in [1.54, 1.807) is 0 Å². The summed E-state index contributed by atoms with van der Waals surface area (Å²) in [5, 5.41) is 0. The molecule has 0 N–H and O–H groups in total. The molecule has 0 aliphatic heterocycles. The molecule has 2 fully saturated rings. The van der Waals surface area contributed by atoms with Gasteiger partial charge in [-0.05, 0) is 112 Å². The molecule has 0 amide bonds. The van der Waals surface area contributed by atoms with Crippen molar-refractivity contribution >= 4 is 0 Å². The highest BCUT2D eigenvalue weighted by Crippen LogP contribution is 2.45. The molecule has 0 atom stereocenters. The van der Waals surface area contributed by atoms with Gasteiger partial charge in [-0.25, -0.2) is 17.6 Å². The first-order valence-electron chi connectivity index (χ1n) is 12.8. The molecular weight excluding hydrogens is 482 g/mol. The van der Waals surface area contributed by atoms with Gasteiger partial charge >= 0.3 is 6.11 Å². The van der Waals surface area contributed by atoms with Crippen molar-refractivity contribution in [2.75, 3.05) is 13.2 Å². The lowest BCUT2D eigenvalue weighted by atomic mass is 9.68. The molecule has 0 radical (unpaired) electrons.